The standard InChI is InChI=1S/C25H30FN3O/c1-27(18-25-11-15-28(16-12-25)17-13-25)24(30)29-14-10-19-4-2-3-5-22(19)23(29)20-6-8-21(26)9-7-20/h2-9,23H,10-18H2,1H3/t23-/m0/s1. The molecule has 2 aromatic rings. The summed E-state index contributed by atoms with van der Waals surface area (Å²) in [6, 6.07) is 14.9. The average Bonchev–Trinajstić information content (AvgIpc) is 2.79. The van der Waals surface area contributed by atoms with Crippen LogP contribution in [0, 0.1) is 11.2 Å². The fourth-order valence-electron chi connectivity index (χ4n) is 5.70. The lowest BCUT2D eigenvalue weighted by molar-refractivity contribution is 0.00674. The number of carbonyl (C=O) groups excluding carboxylic acids is 1. The van der Waals surface area contributed by atoms with Crippen molar-refractivity contribution in [3.63, 3.8) is 0 Å². The Hall–Kier alpha value is -2.40. The lowest BCUT2D eigenvalue weighted by Crippen LogP contribution is -2.55. The Morgan fingerprint density at radius 1 is 1.03 bits per heavy atom. The van der Waals surface area contributed by atoms with E-state index < -0.39 is 0 Å². The Morgan fingerprint density at radius 2 is 1.70 bits per heavy atom. The smallest absolute Gasteiger partial charge is 0.320 e. The predicted octanol–water partition coefficient (Wildman–Crippen LogP) is 4.31. The Balaban J connectivity index is 1.42. The van der Waals surface area contributed by atoms with E-state index in [0.717, 1.165) is 43.7 Å². The molecule has 4 aliphatic heterocycles. The molecule has 2 amide bonds. The number of hydrogen-bond donors (Lipinski definition) is 0. The van der Waals surface area contributed by atoms with Crippen molar-refractivity contribution in [2.75, 3.05) is 39.8 Å². The van der Waals surface area contributed by atoms with E-state index in [2.05, 4.69) is 23.1 Å². The molecule has 158 valence electrons. The fraction of sp³-hybridized carbons (Fsp3) is 0.480. The van der Waals surface area contributed by atoms with Crippen molar-refractivity contribution in [2.45, 2.75) is 31.7 Å². The SMILES string of the molecule is CN(CC12CCN(CC1)CC2)C(=O)N1CCc2ccccc2[C@@H]1c1ccc(F)cc1. The number of benzene rings is 2. The predicted molar refractivity (Wildman–Crippen MR) is 116 cm³/mol. The van der Waals surface area contributed by atoms with Crippen LogP contribution >= 0.6 is 0 Å². The zero-order valence-corrected chi connectivity index (χ0v) is 17.7. The number of hydrogen-bond acceptors (Lipinski definition) is 2. The van der Waals surface area contributed by atoms with Crippen LogP contribution in [0.2, 0.25) is 0 Å². The molecule has 4 aliphatic rings. The summed E-state index contributed by atoms with van der Waals surface area (Å²) in [6.45, 7) is 5.00. The second-order valence-electron chi connectivity index (χ2n) is 9.33. The van der Waals surface area contributed by atoms with E-state index in [0.29, 0.717) is 6.54 Å². The molecule has 5 heteroatoms. The van der Waals surface area contributed by atoms with Gasteiger partial charge in [-0.2, -0.15) is 0 Å². The summed E-state index contributed by atoms with van der Waals surface area (Å²) in [7, 11) is 1.96. The molecule has 0 saturated carbocycles. The van der Waals surface area contributed by atoms with Gasteiger partial charge in [0.25, 0.3) is 0 Å². The van der Waals surface area contributed by atoms with Crippen LogP contribution in [-0.2, 0) is 6.42 Å². The van der Waals surface area contributed by atoms with Crippen LogP contribution in [0.25, 0.3) is 0 Å². The molecule has 0 aliphatic carbocycles. The van der Waals surface area contributed by atoms with E-state index in [1.807, 2.05) is 35.0 Å². The van der Waals surface area contributed by atoms with Gasteiger partial charge in [0.1, 0.15) is 5.82 Å². The maximum absolute atomic E-state index is 13.7. The number of halogens is 1. The van der Waals surface area contributed by atoms with Crippen LogP contribution < -0.4 is 0 Å². The highest BCUT2D eigenvalue weighted by Gasteiger charge is 2.42. The third-order valence-corrected chi connectivity index (χ3v) is 7.49. The van der Waals surface area contributed by atoms with Crippen LogP contribution in [0.1, 0.15) is 42.0 Å². The molecule has 0 unspecified atom stereocenters. The molecule has 3 fully saturated rings. The monoisotopic (exact) mass is 407 g/mol. The molecule has 4 heterocycles. The minimum Gasteiger partial charge on any atom is -0.327 e. The average molecular weight is 408 g/mol. The molecular formula is C25H30FN3O. The van der Waals surface area contributed by atoms with Crippen LogP contribution in [0.3, 0.4) is 0 Å². The molecule has 6 rings (SSSR count). The second-order valence-corrected chi connectivity index (χ2v) is 9.33. The molecule has 2 bridgehead atoms. The van der Waals surface area contributed by atoms with Gasteiger partial charge in [-0.25, -0.2) is 9.18 Å². The summed E-state index contributed by atoms with van der Waals surface area (Å²) in [5, 5.41) is 0. The molecule has 0 aromatic heterocycles. The molecule has 0 spiro atoms. The highest BCUT2D eigenvalue weighted by Crippen LogP contribution is 2.41. The van der Waals surface area contributed by atoms with E-state index in [1.54, 1.807) is 0 Å². The van der Waals surface area contributed by atoms with Gasteiger partial charge in [0.05, 0.1) is 6.04 Å². The van der Waals surface area contributed by atoms with Gasteiger partial charge < -0.3 is 14.7 Å². The summed E-state index contributed by atoms with van der Waals surface area (Å²) < 4.78 is 13.6. The largest absolute Gasteiger partial charge is 0.327 e. The lowest BCUT2D eigenvalue weighted by Gasteiger charge is -2.50. The number of nitrogens with zero attached hydrogens (tertiary/aromatic N) is 3. The Bertz CT molecular complexity index is 906. The van der Waals surface area contributed by atoms with Crippen molar-refractivity contribution >= 4 is 6.03 Å². The van der Waals surface area contributed by atoms with Gasteiger partial charge >= 0.3 is 6.03 Å². The Kier molecular flexibility index (Phi) is 5.02. The number of urea groups is 1. The third kappa shape index (κ3) is 3.49. The quantitative estimate of drug-likeness (QED) is 0.758. The van der Waals surface area contributed by atoms with Crippen LogP contribution in [0.15, 0.2) is 48.5 Å². The van der Waals surface area contributed by atoms with Crippen LogP contribution in [0.4, 0.5) is 9.18 Å². The van der Waals surface area contributed by atoms with Gasteiger partial charge in [0.2, 0.25) is 0 Å². The number of rotatable bonds is 3. The highest BCUT2D eigenvalue weighted by atomic mass is 19.1. The molecule has 0 radical (unpaired) electrons. The minimum atomic E-state index is -0.249. The van der Waals surface area contributed by atoms with Crippen molar-refractivity contribution in [2.24, 2.45) is 5.41 Å². The maximum Gasteiger partial charge on any atom is 0.320 e. The Morgan fingerprint density at radius 3 is 2.40 bits per heavy atom. The van der Waals surface area contributed by atoms with Gasteiger partial charge in [0, 0.05) is 20.1 Å². The van der Waals surface area contributed by atoms with E-state index in [9.17, 15) is 9.18 Å². The molecule has 0 N–H and O–H groups in total. The molecule has 4 nitrogen and oxygen atoms in total. The first-order valence-corrected chi connectivity index (χ1v) is 11.1. The summed E-state index contributed by atoms with van der Waals surface area (Å²) in [5.74, 6) is -0.249. The van der Waals surface area contributed by atoms with Crippen LogP contribution in [-0.4, -0.2) is 60.5 Å². The number of fused-ring (bicyclic) bond motifs is 4. The number of piperidine rings is 3. The first-order valence-electron chi connectivity index (χ1n) is 11.1. The molecule has 1 atom stereocenters. The van der Waals surface area contributed by atoms with Crippen molar-refractivity contribution in [1.29, 1.82) is 0 Å². The number of carbonyl (C=O) groups is 1. The normalized spacial score (nSPS) is 27.6. The lowest BCUT2D eigenvalue weighted by atomic mass is 9.72. The van der Waals surface area contributed by atoms with Crippen LogP contribution in [0.5, 0.6) is 0 Å². The zero-order chi connectivity index (χ0) is 20.7. The van der Waals surface area contributed by atoms with E-state index in [-0.39, 0.29) is 23.3 Å². The fourth-order valence-corrected chi connectivity index (χ4v) is 5.70. The van der Waals surface area contributed by atoms with Crippen molar-refractivity contribution in [1.82, 2.24) is 14.7 Å². The van der Waals surface area contributed by atoms with Gasteiger partial charge in [0.15, 0.2) is 0 Å². The number of amides is 2. The van der Waals surface area contributed by atoms with Gasteiger partial charge in [-0.05, 0) is 79.6 Å². The topological polar surface area (TPSA) is 26.8 Å². The summed E-state index contributed by atoms with van der Waals surface area (Å²) >= 11 is 0. The summed E-state index contributed by atoms with van der Waals surface area (Å²) in [4.78, 5) is 20.1. The Labute approximate surface area is 178 Å². The van der Waals surface area contributed by atoms with E-state index >= 15 is 0 Å². The minimum absolute atomic E-state index is 0.0845. The van der Waals surface area contributed by atoms with Gasteiger partial charge in [-0.1, -0.05) is 36.4 Å². The molecular weight excluding hydrogens is 377 g/mol. The maximum atomic E-state index is 13.7. The molecule has 2 aromatic carbocycles. The summed E-state index contributed by atoms with van der Waals surface area (Å²) in [6.07, 6.45) is 4.42. The third-order valence-electron chi connectivity index (χ3n) is 7.49. The van der Waals surface area contributed by atoms with Gasteiger partial charge in [-0.15, -0.1) is 0 Å². The van der Waals surface area contributed by atoms with Crippen molar-refractivity contribution in [3.05, 3.63) is 71.0 Å². The molecule has 3 saturated heterocycles. The van der Waals surface area contributed by atoms with Gasteiger partial charge in [-0.3, -0.25) is 0 Å². The highest BCUT2D eigenvalue weighted by molar-refractivity contribution is 5.76. The first kappa shape index (κ1) is 19.6. The van der Waals surface area contributed by atoms with Crippen molar-refractivity contribution in [3.8, 4) is 0 Å². The van der Waals surface area contributed by atoms with E-state index in [4.69, 9.17) is 0 Å². The summed E-state index contributed by atoms with van der Waals surface area (Å²) in [5.41, 5.74) is 3.67. The first-order chi connectivity index (χ1) is 14.5. The zero-order valence-electron chi connectivity index (χ0n) is 17.7. The van der Waals surface area contributed by atoms with E-state index in [1.165, 1.54) is 37.0 Å². The second kappa shape index (κ2) is 7.69. The molecule has 30 heavy (non-hydrogen) atoms. The van der Waals surface area contributed by atoms with Crippen molar-refractivity contribution < 1.29 is 9.18 Å².